The van der Waals surface area contributed by atoms with E-state index in [1.54, 1.807) is 0 Å². The number of ether oxygens (including phenoxy) is 2. The summed E-state index contributed by atoms with van der Waals surface area (Å²) in [5.41, 5.74) is 5.59. The molecule has 32 heavy (non-hydrogen) atoms. The molecular weight excluding hydrogens is 400 g/mol. The first-order valence-electron chi connectivity index (χ1n) is 11.7. The molecule has 6 rings (SSSR count). The van der Waals surface area contributed by atoms with Crippen LogP contribution < -0.4 is 9.47 Å². The summed E-state index contributed by atoms with van der Waals surface area (Å²) in [5.74, 6) is 3.23. The van der Waals surface area contributed by atoms with Gasteiger partial charge >= 0.3 is 0 Å². The summed E-state index contributed by atoms with van der Waals surface area (Å²) in [5, 5.41) is 0. The molecule has 0 N–H and O–H groups in total. The van der Waals surface area contributed by atoms with E-state index in [2.05, 4.69) is 23.2 Å². The number of pyridine rings is 1. The quantitative estimate of drug-likeness (QED) is 0.591. The smallest absolute Gasteiger partial charge is 0.231 e. The van der Waals surface area contributed by atoms with Gasteiger partial charge in [-0.15, -0.1) is 0 Å². The fraction of sp³-hybridized carbons (Fsp3) is 0.423. The first kappa shape index (κ1) is 19.7. The number of benzene rings is 1. The Balaban J connectivity index is 1.15. The minimum absolute atomic E-state index is 0.286. The summed E-state index contributed by atoms with van der Waals surface area (Å²) in [7, 11) is 0. The third kappa shape index (κ3) is 3.95. The lowest BCUT2D eigenvalue weighted by molar-refractivity contribution is 0.174. The van der Waals surface area contributed by atoms with Crippen molar-refractivity contribution in [1.29, 1.82) is 0 Å². The first-order valence-corrected chi connectivity index (χ1v) is 11.7. The second kappa shape index (κ2) is 8.51. The van der Waals surface area contributed by atoms with Crippen LogP contribution >= 0.6 is 0 Å². The van der Waals surface area contributed by atoms with E-state index in [1.807, 2.05) is 24.3 Å². The Labute approximate surface area is 188 Å². The van der Waals surface area contributed by atoms with Crippen molar-refractivity contribution in [3.63, 3.8) is 0 Å². The molecule has 6 nitrogen and oxygen atoms in total. The summed E-state index contributed by atoms with van der Waals surface area (Å²) in [4.78, 5) is 17.1. The van der Waals surface area contributed by atoms with Gasteiger partial charge in [0.25, 0.3) is 0 Å². The number of nitrogens with zero attached hydrogens (tertiary/aromatic N) is 4. The molecule has 164 valence electrons. The van der Waals surface area contributed by atoms with Crippen LogP contribution in [0.3, 0.4) is 0 Å². The molecule has 1 fully saturated rings. The van der Waals surface area contributed by atoms with Crippen LogP contribution in [-0.2, 0) is 19.5 Å². The van der Waals surface area contributed by atoms with Crippen LogP contribution in [0.25, 0.3) is 11.3 Å². The molecule has 1 aromatic carbocycles. The highest BCUT2D eigenvalue weighted by Crippen LogP contribution is 2.35. The minimum Gasteiger partial charge on any atom is -0.454 e. The third-order valence-corrected chi connectivity index (χ3v) is 6.86. The SMILES string of the molecule is c1cc(CN2CCc3nc(C4CCCCC4)ncc3C2)nc(-c2ccc3c(c2)OCO3)c1. The van der Waals surface area contributed by atoms with Crippen LogP contribution in [0.5, 0.6) is 11.5 Å². The van der Waals surface area contributed by atoms with Crippen molar-refractivity contribution in [1.82, 2.24) is 19.9 Å². The van der Waals surface area contributed by atoms with Crippen molar-refractivity contribution >= 4 is 0 Å². The van der Waals surface area contributed by atoms with E-state index in [9.17, 15) is 0 Å². The second-order valence-electron chi connectivity index (χ2n) is 9.08. The zero-order valence-corrected chi connectivity index (χ0v) is 18.3. The van der Waals surface area contributed by atoms with Gasteiger partial charge in [0.2, 0.25) is 6.79 Å². The van der Waals surface area contributed by atoms with E-state index in [0.29, 0.717) is 5.92 Å². The maximum absolute atomic E-state index is 5.52. The number of hydrogen-bond donors (Lipinski definition) is 0. The summed E-state index contributed by atoms with van der Waals surface area (Å²) in [6, 6.07) is 12.2. The lowest BCUT2D eigenvalue weighted by atomic mass is 9.88. The van der Waals surface area contributed by atoms with E-state index in [1.165, 1.54) is 43.4 Å². The molecule has 0 amide bonds. The predicted molar refractivity (Wildman–Crippen MR) is 121 cm³/mol. The number of fused-ring (bicyclic) bond motifs is 2. The zero-order valence-electron chi connectivity index (χ0n) is 18.3. The van der Waals surface area contributed by atoms with Gasteiger partial charge < -0.3 is 9.47 Å². The van der Waals surface area contributed by atoms with Crippen molar-refractivity contribution < 1.29 is 9.47 Å². The Morgan fingerprint density at radius 2 is 1.88 bits per heavy atom. The third-order valence-electron chi connectivity index (χ3n) is 6.86. The molecule has 0 radical (unpaired) electrons. The highest BCUT2D eigenvalue weighted by atomic mass is 16.7. The highest BCUT2D eigenvalue weighted by Gasteiger charge is 2.23. The first-order chi connectivity index (χ1) is 15.8. The van der Waals surface area contributed by atoms with Gasteiger partial charge in [-0.05, 0) is 43.2 Å². The molecule has 4 heterocycles. The normalized spacial score (nSPS) is 18.5. The van der Waals surface area contributed by atoms with E-state index in [4.69, 9.17) is 24.4 Å². The lowest BCUT2D eigenvalue weighted by Crippen LogP contribution is -2.31. The molecular formula is C26H28N4O2. The standard InChI is InChI=1S/C26H28N4O2/c1-2-5-18(6-3-1)26-27-14-20-15-30(12-11-23(20)29-26)16-21-7-4-8-22(28-21)19-9-10-24-25(13-19)32-17-31-24/h4,7-10,13-14,18H,1-3,5-6,11-12,15-17H2. The average Bonchev–Trinajstić information content (AvgIpc) is 3.32. The molecule has 2 aliphatic heterocycles. The second-order valence-corrected chi connectivity index (χ2v) is 9.08. The van der Waals surface area contributed by atoms with Crippen LogP contribution in [0.1, 0.15) is 60.8 Å². The molecule has 1 aliphatic carbocycles. The minimum atomic E-state index is 0.286. The maximum atomic E-state index is 5.52. The number of rotatable bonds is 4. The Bertz CT molecular complexity index is 1130. The van der Waals surface area contributed by atoms with E-state index in [-0.39, 0.29) is 6.79 Å². The van der Waals surface area contributed by atoms with Crippen LogP contribution in [-0.4, -0.2) is 33.2 Å². The Kier molecular flexibility index (Phi) is 5.23. The van der Waals surface area contributed by atoms with Crippen LogP contribution in [0, 0.1) is 0 Å². The molecule has 0 bridgehead atoms. The van der Waals surface area contributed by atoms with E-state index >= 15 is 0 Å². The van der Waals surface area contributed by atoms with Gasteiger partial charge in [0.1, 0.15) is 5.82 Å². The molecule has 0 saturated heterocycles. The molecule has 2 aromatic heterocycles. The zero-order chi connectivity index (χ0) is 21.3. The fourth-order valence-corrected chi connectivity index (χ4v) is 5.10. The van der Waals surface area contributed by atoms with Crippen LogP contribution in [0.15, 0.2) is 42.6 Å². The van der Waals surface area contributed by atoms with E-state index in [0.717, 1.165) is 60.3 Å². The lowest BCUT2D eigenvalue weighted by Gasteiger charge is -2.29. The van der Waals surface area contributed by atoms with Crippen LogP contribution in [0.2, 0.25) is 0 Å². The van der Waals surface area contributed by atoms with E-state index < -0.39 is 0 Å². The average molecular weight is 429 g/mol. The molecule has 0 unspecified atom stereocenters. The van der Waals surface area contributed by atoms with Crippen molar-refractivity contribution in [3.8, 4) is 22.8 Å². The summed E-state index contributed by atoms with van der Waals surface area (Å²) in [6.07, 6.45) is 9.55. The van der Waals surface area contributed by atoms with Gasteiger partial charge in [-0.1, -0.05) is 25.3 Å². The molecule has 3 aliphatic rings. The molecule has 1 saturated carbocycles. The van der Waals surface area contributed by atoms with Crippen molar-refractivity contribution in [2.75, 3.05) is 13.3 Å². The van der Waals surface area contributed by atoms with Crippen molar-refractivity contribution in [2.45, 2.75) is 57.5 Å². The van der Waals surface area contributed by atoms with Gasteiger partial charge in [-0.3, -0.25) is 9.88 Å². The Hall–Kier alpha value is -2.99. The molecule has 3 aromatic rings. The van der Waals surface area contributed by atoms with Gasteiger partial charge in [0, 0.05) is 55.0 Å². The van der Waals surface area contributed by atoms with Crippen molar-refractivity contribution in [2.24, 2.45) is 0 Å². The topological polar surface area (TPSA) is 60.4 Å². The predicted octanol–water partition coefficient (Wildman–Crippen LogP) is 4.87. The fourth-order valence-electron chi connectivity index (χ4n) is 5.10. The summed E-state index contributed by atoms with van der Waals surface area (Å²) >= 11 is 0. The Morgan fingerprint density at radius 3 is 2.81 bits per heavy atom. The highest BCUT2D eigenvalue weighted by molar-refractivity contribution is 5.64. The maximum Gasteiger partial charge on any atom is 0.231 e. The Morgan fingerprint density at radius 1 is 0.969 bits per heavy atom. The number of aromatic nitrogens is 3. The van der Waals surface area contributed by atoms with Gasteiger partial charge in [-0.25, -0.2) is 9.97 Å². The number of hydrogen-bond acceptors (Lipinski definition) is 6. The molecule has 0 spiro atoms. The molecule has 6 heteroatoms. The van der Waals surface area contributed by atoms with Crippen LogP contribution in [0.4, 0.5) is 0 Å². The molecule has 0 atom stereocenters. The van der Waals surface area contributed by atoms with Gasteiger partial charge in [0.05, 0.1) is 11.4 Å². The van der Waals surface area contributed by atoms with Gasteiger partial charge in [0.15, 0.2) is 11.5 Å². The summed E-state index contributed by atoms with van der Waals surface area (Å²) in [6.45, 7) is 3.00. The largest absolute Gasteiger partial charge is 0.454 e. The summed E-state index contributed by atoms with van der Waals surface area (Å²) < 4.78 is 10.9. The monoisotopic (exact) mass is 428 g/mol. The van der Waals surface area contributed by atoms with Crippen molar-refractivity contribution in [3.05, 3.63) is 65.4 Å². The van der Waals surface area contributed by atoms with Gasteiger partial charge in [-0.2, -0.15) is 0 Å².